The summed E-state index contributed by atoms with van der Waals surface area (Å²) in [7, 11) is -4.15. The second-order valence-corrected chi connectivity index (χ2v) is 15.6. The number of nitrogens with one attached hydrogen (secondary N) is 2. The fourth-order valence-electron chi connectivity index (χ4n) is 6.47. The van der Waals surface area contributed by atoms with Gasteiger partial charge in [-0.15, -0.1) is 11.3 Å². The molecule has 1 saturated heterocycles. The fourth-order valence-corrected chi connectivity index (χ4v) is 8.75. The number of ether oxygens (including phenoxy) is 1. The van der Waals surface area contributed by atoms with Crippen LogP contribution in [0.25, 0.3) is 0 Å². The van der Waals surface area contributed by atoms with Gasteiger partial charge in [0, 0.05) is 23.9 Å². The Morgan fingerprint density at radius 3 is 2.72 bits per heavy atom. The predicted octanol–water partition coefficient (Wildman–Crippen LogP) is 3.05. The van der Waals surface area contributed by atoms with E-state index >= 15 is 0 Å². The number of halogens is 1. The first-order valence-corrected chi connectivity index (χ1v) is 18.1. The molecule has 4 heterocycles. The minimum atomic E-state index is -4.15. The fraction of sp³-hybridized carbons (Fsp3) is 0.484. The van der Waals surface area contributed by atoms with E-state index in [-0.39, 0.29) is 30.1 Å². The molecule has 0 bridgehead atoms. The number of nitrogens with zero attached hydrogens (tertiary/aromatic N) is 2. The highest BCUT2D eigenvalue weighted by atomic mass is 35.5. The minimum absolute atomic E-state index is 0.0106. The quantitative estimate of drug-likeness (QED) is 0.412. The summed E-state index contributed by atoms with van der Waals surface area (Å²) in [6.07, 6.45) is 6.11. The van der Waals surface area contributed by atoms with Crippen LogP contribution in [0.3, 0.4) is 0 Å². The van der Waals surface area contributed by atoms with Crippen LogP contribution in [0.4, 0.5) is 4.79 Å². The van der Waals surface area contributed by atoms with E-state index in [9.17, 15) is 27.6 Å². The molecule has 246 valence electrons. The van der Waals surface area contributed by atoms with E-state index in [0.29, 0.717) is 18.0 Å². The van der Waals surface area contributed by atoms with Crippen molar-refractivity contribution in [2.24, 2.45) is 11.7 Å². The van der Waals surface area contributed by atoms with Crippen LogP contribution >= 0.6 is 22.9 Å². The number of hydrogen-bond donors (Lipinski definition) is 3. The van der Waals surface area contributed by atoms with E-state index in [1.165, 1.54) is 15.9 Å². The zero-order valence-electron chi connectivity index (χ0n) is 25.0. The van der Waals surface area contributed by atoms with E-state index < -0.39 is 63.5 Å². The lowest BCUT2D eigenvalue weighted by molar-refractivity contribution is -0.140. The lowest BCUT2D eigenvalue weighted by Crippen LogP contribution is -2.57. The van der Waals surface area contributed by atoms with Crippen molar-refractivity contribution in [2.75, 3.05) is 6.54 Å². The van der Waals surface area contributed by atoms with Crippen LogP contribution in [0.2, 0.25) is 5.02 Å². The lowest BCUT2D eigenvalue weighted by atomic mass is 10.1. The van der Waals surface area contributed by atoms with E-state index in [1.54, 1.807) is 17.5 Å². The van der Waals surface area contributed by atoms with Gasteiger partial charge in [-0.3, -0.25) is 19.3 Å². The number of nitrogens with two attached hydrogens (primary N) is 1. The van der Waals surface area contributed by atoms with Crippen molar-refractivity contribution in [3.05, 3.63) is 64.0 Å². The van der Waals surface area contributed by atoms with Gasteiger partial charge in [0.1, 0.15) is 21.9 Å². The van der Waals surface area contributed by atoms with Crippen LogP contribution in [0, 0.1) is 5.92 Å². The molecule has 5 atom stereocenters. The Kier molecular flexibility index (Phi) is 9.16. The molecule has 12 nitrogen and oxygen atoms in total. The maximum Gasteiger partial charge on any atom is 0.410 e. The number of carbonyl (C=O) groups excluding carboxylic acids is 4. The number of hydrogen-bond acceptors (Lipinski definition) is 9. The number of carbonyl (C=O) groups is 4. The van der Waals surface area contributed by atoms with Gasteiger partial charge in [0.05, 0.1) is 19.1 Å². The standard InChI is InChI=1S/C31H36ClN5O7S2/c32-23-10-6-8-19-16-36(18-22(19)23)30(41)44-21-14-25-27(38)34-31(29(40)35-46(42,43)26-12-7-13-45-26)15-20(31)9-4-2-1-3-5-11-24(33)28(39)37(25)17-21/h4,6-10,12-13,20-21,24-25H,1-3,5,11,14-18,33H2,(H,34,38)(H,35,40)/b9-4-/t20-,21+,24-,25-,31+/m0/s1. The third-order valence-electron chi connectivity index (χ3n) is 9.12. The van der Waals surface area contributed by atoms with Crippen molar-refractivity contribution in [3.8, 4) is 0 Å². The molecule has 2 aromatic rings. The number of allylic oxidation sites excluding steroid dienone is 1. The molecule has 1 aliphatic carbocycles. The van der Waals surface area contributed by atoms with Gasteiger partial charge >= 0.3 is 6.09 Å². The smallest absolute Gasteiger partial charge is 0.410 e. The summed E-state index contributed by atoms with van der Waals surface area (Å²) in [6.45, 7) is 0.548. The van der Waals surface area contributed by atoms with Gasteiger partial charge in [-0.25, -0.2) is 17.9 Å². The largest absolute Gasteiger partial charge is 0.444 e. The van der Waals surface area contributed by atoms with Crippen LogP contribution in [0.15, 0.2) is 52.1 Å². The van der Waals surface area contributed by atoms with Gasteiger partial charge in [-0.1, -0.05) is 54.8 Å². The van der Waals surface area contributed by atoms with Gasteiger partial charge in [-0.05, 0) is 54.3 Å². The second-order valence-electron chi connectivity index (χ2n) is 12.3. The van der Waals surface area contributed by atoms with Gasteiger partial charge in [0.25, 0.3) is 15.9 Å². The van der Waals surface area contributed by atoms with E-state index in [2.05, 4.69) is 10.0 Å². The molecule has 3 aliphatic heterocycles. The third-order valence-corrected chi connectivity index (χ3v) is 12.2. The number of fused-ring (bicyclic) bond motifs is 3. The molecule has 4 aliphatic rings. The molecule has 4 N–H and O–H groups in total. The molecular weight excluding hydrogens is 654 g/mol. The molecular formula is C31H36ClN5O7S2. The Morgan fingerprint density at radius 1 is 1.13 bits per heavy atom. The number of thiophene rings is 1. The first-order valence-electron chi connectivity index (χ1n) is 15.4. The average Bonchev–Trinajstić information content (AvgIpc) is 3.48. The van der Waals surface area contributed by atoms with Crippen molar-refractivity contribution in [1.82, 2.24) is 19.8 Å². The van der Waals surface area contributed by atoms with E-state index in [1.807, 2.05) is 24.3 Å². The van der Waals surface area contributed by atoms with E-state index in [0.717, 1.165) is 48.1 Å². The molecule has 1 aromatic heterocycles. The number of sulfonamides is 1. The monoisotopic (exact) mass is 689 g/mol. The number of rotatable bonds is 4. The number of benzene rings is 1. The van der Waals surface area contributed by atoms with Crippen LogP contribution in [0.5, 0.6) is 0 Å². The summed E-state index contributed by atoms with van der Waals surface area (Å²) in [5.74, 6) is -2.38. The highest BCUT2D eigenvalue weighted by molar-refractivity contribution is 7.92. The molecule has 1 aromatic carbocycles. The highest BCUT2D eigenvalue weighted by Crippen LogP contribution is 2.46. The Bertz CT molecular complexity index is 1670. The van der Waals surface area contributed by atoms with Crippen molar-refractivity contribution < 1.29 is 32.3 Å². The zero-order chi connectivity index (χ0) is 32.6. The minimum Gasteiger partial charge on any atom is -0.444 e. The maximum atomic E-state index is 13.9. The molecule has 6 rings (SSSR count). The topological polar surface area (TPSA) is 168 Å². The summed E-state index contributed by atoms with van der Waals surface area (Å²) in [4.78, 5) is 57.1. The Hall–Kier alpha value is -3.46. The van der Waals surface area contributed by atoms with Crippen LogP contribution in [-0.2, 0) is 42.2 Å². The zero-order valence-corrected chi connectivity index (χ0v) is 27.4. The molecule has 1 saturated carbocycles. The summed E-state index contributed by atoms with van der Waals surface area (Å²) in [5.41, 5.74) is 6.54. The van der Waals surface area contributed by atoms with Crippen molar-refractivity contribution in [1.29, 1.82) is 0 Å². The molecule has 0 radical (unpaired) electrons. The molecule has 0 unspecified atom stereocenters. The molecule has 0 spiro atoms. The SMILES string of the molecule is N[C@H]1CCCCC/C=C\[C@H]2C[C@@]2(C(=O)NS(=O)(=O)c2cccs2)NC(=O)[C@@H]2C[C@@H](OC(=O)N3Cc4cccc(Cl)c4C3)CN2C1=O. The molecule has 2 fully saturated rings. The summed E-state index contributed by atoms with van der Waals surface area (Å²) in [5, 5.41) is 4.94. The van der Waals surface area contributed by atoms with Gasteiger partial charge in [0.15, 0.2) is 0 Å². The Labute approximate surface area is 276 Å². The summed E-state index contributed by atoms with van der Waals surface area (Å²) >= 11 is 7.28. The molecule has 46 heavy (non-hydrogen) atoms. The lowest BCUT2D eigenvalue weighted by Gasteiger charge is -2.28. The first kappa shape index (κ1) is 32.5. The van der Waals surface area contributed by atoms with Crippen molar-refractivity contribution in [2.45, 2.75) is 86.0 Å². The maximum absolute atomic E-state index is 13.9. The van der Waals surface area contributed by atoms with Crippen LogP contribution < -0.4 is 15.8 Å². The van der Waals surface area contributed by atoms with Crippen molar-refractivity contribution in [3.63, 3.8) is 0 Å². The van der Waals surface area contributed by atoms with E-state index in [4.69, 9.17) is 22.1 Å². The normalized spacial score (nSPS) is 29.0. The highest BCUT2D eigenvalue weighted by Gasteiger charge is 2.61. The summed E-state index contributed by atoms with van der Waals surface area (Å²) < 4.78 is 33.8. The second kappa shape index (κ2) is 13.0. The number of amides is 4. The predicted molar refractivity (Wildman–Crippen MR) is 170 cm³/mol. The van der Waals surface area contributed by atoms with Crippen LogP contribution in [-0.4, -0.2) is 72.3 Å². The van der Waals surface area contributed by atoms with Crippen LogP contribution in [0.1, 0.15) is 56.1 Å². The summed E-state index contributed by atoms with van der Waals surface area (Å²) in [6, 6.07) is 6.47. The van der Waals surface area contributed by atoms with Gasteiger partial charge in [0.2, 0.25) is 11.8 Å². The average molecular weight is 690 g/mol. The third kappa shape index (κ3) is 6.53. The molecule has 15 heteroatoms. The van der Waals surface area contributed by atoms with Gasteiger partial charge < -0.3 is 20.7 Å². The van der Waals surface area contributed by atoms with Gasteiger partial charge in [-0.2, -0.15) is 0 Å². The Morgan fingerprint density at radius 2 is 1.96 bits per heavy atom. The van der Waals surface area contributed by atoms with Crippen molar-refractivity contribution >= 4 is 56.8 Å². The molecule has 4 amide bonds. The Balaban J connectivity index is 1.21. The first-order chi connectivity index (χ1) is 22.0.